The third kappa shape index (κ3) is 3.23. The highest BCUT2D eigenvalue weighted by Gasteiger charge is 2.33. The maximum absolute atomic E-state index is 12.2. The Kier molecular flexibility index (Phi) is 4.52. The molecule has 110 valence electrons. The summed E-state index contributed by atoms with van der Waals surface area (Å²) in [6.45, 7) is 8.29. The summed E-state index contributed by atoms with van der Waals surface area (Å²) in [5, 5.41) is 4.56. The molecule has 1 aromatic heterocycles. The van der Waals surface area contributed by atoms with Crippen molar-refractivity contribution >= 4 is 28.6 Å². The number of aromatic nitrogens is 2. The van der Waals surface area contributed by atoms with Crippen LogP contribution in [0.3, 0.4) is 0 Å². The first-order valence-corrected chi connectivity index (χ1v) is 7.87. The molecule has 5 nitrogen and oxygen atoms in total. The summed E-state index contributed by atoms with van der Waals surface area (Å²) >= 11 is 1.30. The van der Waals surface area contributed by atoms with Gasteiger partial charge in [0, 0.05) is 37.8 Å². The lowest BCUT2D eigenvalue weighted by Crippen LogP contribution is -2.28. The molecule has 0 aromatic carbocycles. The van der Waals surface area contributed by atoms with Gasteiger partial charge in [-0.25, -0.2) is 4.68 Å². The molecule has 0 bridgehead atoms. The first-order chi connectivity index (χ1) is 9.38. The molecule has 0 aliphatic carbocycles. The van der Waals surface area contributed by atoms with E-state index in [-0.39, 0.29) is 23.0 Å². The number of aryl methyl sites for hydroxylation is 1. The number of thioether (sulfide) groups is 1. The van der Waals surface area contributed by atoms with Crippen molar-refractivity contribution in [1.29, 1.82) is 0 Å². The molecule has 1 amide bonds. The summed E-state index contributed by atoms with van der Waals surface area (Å²) in [5.74, 6) is 1.96. The van der Waals surface area contributed by atoms with E-state index in [0.29, 0.717) is 18.7 Å². The van der Waals surface area contributed by atoms with Gasteiger partial charge < -0.3 is 0 Å². The number of amides is 1. The highest BCUT2D eigenvalue weighted by atomic mass is 32.2. The van der Waals surface area contributed by atoms with Crippen molar-refractivity contribution in [2.45, 2.75) is 40.2 Å². The fourth-order valence-electron chi connectivity index (χ4n) is 2.43. The molecule has 2 heterocycles. The van der Waals surface area contributed by atoms with Crippen LogP contribution in [-0.2, 0) is 9.59 Å². The van der Waals surface area contributed by atoms with E-state index in [9.17, 15) is 9.59 Å². The summed E-state index contributed by atoms with van der Waals surface area (Å²) in [6.07, 6.45) is 0.516. The van der Waals surface area contributed by atoms with Gasteiger partial charge in [-0.3, -0.25) is 14.5 Å². The maximum Gasteiger partial charge on any atom is 0.228 e. The van der Waals surface area contributed by atoms with Crippen molar-refractivity contribution in [2.24, 2.45) is 5.92 Å². The van der Waals surface area contributed by atoms with Crippen molar-refractivity contribution < 1.29 is 9.59 Å². The Bertz CT molecular complexity index is 524. The highest BCUT2D eigenvalue weighted by molar-refractivity contribution is 8.13. The summed E-state index contributed by atoms with van der Waals surface area (Å²) in [4.78, 5) is 25.0. The second-order valence-corrected chi connectivity index (χ2v) is 6.76. The molecule has 1 aromatic rings. The van der Waals surface area contributed by atoms with Gasteiger partial charge in [0.05, 0.1) is 5.69 Å². The van der Waals surface area contributed by atoms with Crippen LogP contribution in [0.25, 0.3) is 0 Å². The molecule has 1 saturated heterocycles. The van der Waals surface area contributed by atoms with Crippen molar-refractivity contribution in [3.05, 3.63) is 11.8 Å². The molecule has 1 aliphatic heterocycles. The van der Waals surface area contributed by atoms with E-state index in [1.165, 1.54) is 11.8 Å². The molecule has 0 N–H and O–H groups in total. The predicted octanol–water partition coefficient (Wildman–Crippen LogP) is 2.41. The topological polar surface area (TPSA) is 55.2 Å². The van der Waals surface area contributed by atoms with Gasteiger partial charge in [-0.05, 0) is 26.7 Å². The van der Waals surface area contributed by atoms with Crippen LogP contribution in [0.15, 0.2) is 6.07 Å². The summed E-state index contributed by atoms with van der Waals surface area (Å²) in [7, 11) is 0. The van der Waals surface area contributed by atoms with Crippen molar-refractivity contribution in [2.75, 3.05) is 17.2 Å². The van der Waals surface area contributed by atoms with E-state index >= 15 is 0 Å². The van der Waals surface area contributed by atoms with E-state index < -0.39 is 0 Å². The van der Waals surface area contributed by atoms with Crippen LogP contribution in [0.2, 0.25) is 0 Å². The first-order valence-electron chi connectivity index (χ1n) is 6.88. The Hall–Kier alpha value is -1.30. The number of hydrogen-bond acceptors (Lipinski definition) is 4. The van der Waals surface area contributed by atoms with Crippen molar-refractivity contribution in [1.82, 2.24) is 9.78 Å². The van der Waals surface area contributed by atoms with Gasteiger partial charge in [0.2, 0.25) is 5.91 Å². The molecular formula is C14H21N3O2S. The van der Waals surface area contributed by atoms with Crippen LogP contribution >= 0.6 is 11.8 Å². The number of carbonyl (C=O) groups is 2. The Morgan fingerprint density at radius 2 is 2.25 bits per heavy atom. The molecule has 0 spiro atoms. The zero-order valence-electron chi connectivity index (χ0n) is 12.4. The van der Waals surface area contributed by atoms with Crippen LogP contribution in [0.4, 0.5) is 5.82 Å². The summed E-state index contributed by atoms with van der Waals surface area (Å²) in [6, 6.07) is 2.18. The highest BCUT2D eigenvalue weighted by Crippen LogP contribution is 2.29. The van der Waals surface area contributed by atoms with Gasteiger partial charge in [-0.2, -0.15) is 5.10 Å². The Morgan fingerprint density at radius 1 is 1.55 bits per heavy atom. The number of nitrogens with zero attached hydrogens (tertiary/aromatic N) is 3. The molecule has 1 aliphatic rings. The monoisotopic (exact) mass is 295 g/mol. The Labute approximate surface area is 123 Å². The van der Waals surface area contributed by atoms with Gasteiger partial charge in [-0.15, -0.1) is 0 Å². The van der Waals surface area contributed by atoms with Crippen LogP contribution < -0.4 is 4.90 Å². The number of carbonyl (C=O) groups excluding carboxylic acids is 2. The minimum atomic E-state index is 0.110. The maximum atomic E-state index is 12.2. The molecule has 1 atom stereocenters. The van der Waals surface area contributed by atoms with E-state index in [4.69, 9.17) is 0 Å². The van der Waals surface area contributed by atoms with E-state index in [1.807, 2.05) is 22.6 Å². The van der Waals surface area contributed by atoms with Gasteiger partial charge in [0.15, 0.2) is 5.12 Å². The lowest BCUT2D eigenvalue weighted by Gasteiger charge is -2.19. The molecule has 6 heteroatoms. The van der Waals surface area contributed by atoms with Gasteiger partial charge in [0.25, 0.3) is 0 Å². The number of hydrogen-bond donors (Lipinski definition) is 0. The Morgan fingerprint density at radius 3 is 2.85 bits per heavy atom. The van der Waals surface area contributed by atoms with Gasteiger partial charge in [-0.1, -0.05) is 11.8 Å². The molecular weight excluding hydrogens is 274 g/mol. The summed E-state index contributed by atoms with van der Waals surface area (Å²) in [5.41, 5.74) is 0.920. The number of anilines is 1. The molecule has 1 unspecified atom stereocenters. The van der Waals surface area contributed by atoms with Crippen LogP contribution in [-0.4, -0.2) is 33.1 Å². The minimum absolute atomic E-state index is 0.110. The van der Waals surface area contributed by atoms with Crippen LogP contribution in [0.1, 0.15) is 38.9 Å². The second-order valence-electron chi connectivity index (χ2n) is 5.56. The fourth-order valence-corrected chi connectivity index (χ4v) is 3.13. The van der Waals surface area contributed by atoms with Crippen LogP contribution in [0.5, 0.6) is 0 Å². The first kappa shape index (κ1) is 15.1. The smallest absolute Gasteiger partial charge is 0.228 e. The van der Waals surface area contributed by atoms with E-state index in [1.54, 1.807) is 6.92 Å². The van der Waals surface area contributed by atoms with Crippen molar-refractivity contribution in [3.8, 4) is 0 Å². The van der Waals surface area contributed by atoms with E-state index in [2.05, 4.69) is 18.9 Å². The quantitative estimate of drug-likeness (QED) is 0.856. The fraction of sp³-hybridized carbons (Fsp3) is 0.643. The molecule has 1 fully saturated rings. The third-order valence-corrected chi connectivity index (χ3v) is 4.38. The lowest BCUT2D eigenvalue weighted by atomic mass is 10.1. The zero-order chi connectivity index (χ0) is 14.9. The largest absolute Gasteiger partial charge is 0.297 e. The molecule has 2 rings (SSSR count). The number of rotatable bonds is 4. The second kappa shape index (κ2) is 5.99. The SMILES string of the molecule is CC(=O)SCC1CC(=O)N(c2cc(C)nn2C(C)C)C1. The summed E-state index contributed by atoms with van der Waals surface area (Å²) < 4.78 is 1.90. The Balaban J connectivity index is 2.13. The minimum Gasteiger partial charge on any atom is -0.297 e. The predicted molar refractivity (Wildman–Crippen MR) is 80.9 cm³/mol. The molecule has 20 heavy (non-hydrogen) atoms. The van der Waals surface area contributed by atoms with E-state index in [0.717, 1.165) is 11.5 Å². The van der Waals surface area contributed by atoms with Crippen LogP contribution in [0, 0.1) is 12.8 Å². The molecule has 0 radical (unpaired) electrons. The van der Waals surface area contributed by atoms with Gasteiger partial charge >= 0.3 is 0 Å². The standard InChI is InChI=1S/C14H21N3O2S/c1-9(2)17-13(5-10(3)15-17)16-7-12(6-14(16)19)8-20-11(4)18/h5,9,12H,6-8H2,1-4H3. The lowest BCUT2D eigenvalue weighted by molar-refractivity contribution is -0.117. The normalized spacial score (nSPS) is 19.1. The van der Waals surface area contributed by atoms with Crippen molar-refractivity contribution in [3.63, 3.8) is 0 Å². The molecule has 0 saturated carbocycles. The average Bonchev–Trinajstić information content (AvgIpc) is 2.89. The average molecular weight is 295 g/mol. The zero-order valence-corrected chi connectivity index (χ0v) is 13.2. The van der Waals surface area contributed by atoms with Gasteiger partial charge in [0.1, 0.15) is 5.82 Å². The third-order valence-electron chi connectivity index (χ3n) is 3.33.